The molecule has 110 valence electrons. The van der Waals surface area contributed by atoms with Gasteiger partial charge in [0, 0.05) is 11.7 Å². The number of benzene rings is 1. The number of aromatic carboxylic acids is 1. The van der Waals surface area contributed by atoms with Crippen molar-refractivity contribution < 1.29 is 9.90 Å². The van der Waals surface area contributed by atoms with Crippen LogP contribution < -0.4 is 5.32 Å². The fraction of sp³-hybridized carbons (Fsp3) is 0.562. The Labute approximate surface area is 125 Å². The molecular formula is C16H22ClNO2. The van der Waals surface area contributed by atoms with E-state index < -0.39 is 5.97 Å². The van der Waals surface area contributed by atoms with Crippen molar-refractivity contribution in [3.8, 4) is 0 Å². The number of anilines is 1. The van der Waals surface area contributed by atoms with Gasteiger partial charge in [0.25, 0.3) is 0 Å². The molecule has 0 aliphatic heterocycles. The highest BCUT2D eigenvalue weighted by Crippen LogP contribution is 2.30. The maximum absolute atomic E-state index is 11.1. The van der Waals surface area contributed by atoms with Crippen molar-refractivity contribution in [3.63, 3.8) is 0 Å². The van der Waals surface area contributed by atoms with Crippen LogP contribution in [0.3, 0.4) is 0 Å². The molecule has 1 aliphatic rings. The molecule has 0 radical (unpaired) electrons. The first-order valence-corrected chi connectivity index (χ1v) is 7.77. The second kappa shape index (κ2) is 6.98. The summed E-state index contributed by atoms with van der Waals surface area (Å²) in [6.07, 6.45) is 7.46. The fourth-order valence-electron chi connectivity index (χ4n) is 3.02. The maximum atomic E-state index is 11.1. The van der Waals surface area contributed by atoms with Gasteiger partial charge in [0.15, 0.2) is 0 Å². The molecule has 4 heteroatoms. The average Bonchev–Trinajstić information content (AvgIpc) is 2.43. The van der Waals surface area contributed by atoms with Crippen LogP contribution in [0, 0.1) is 5.92 Å². The van der Waals surface area contributed by atoms with Gasteiger partial charge in [-0.2, -0.15) is 0 Å². The van der Waals surface area contributed by atoms with Crippen LogP contribution >= 0.6 is 11.6 Å². The molecule has 1 fully saturated rings. The number of hydrogen-bond donors (Lipinski definition) is 2. The molecule has 0 unspecified atom stereocenters. The quantitative estimate of drug-likeness (QED) is 0.819. The first-order valence-electron chi connectivity index (χ1n) is 7.39. The van der Waals surface area contributed by atoms with Gasteiger partial charge >= 0.3 is 5.97 Å². The molecule has 3 nitrogen and oxygen atoms in total. The lowest BCUT2D eigenvalue weighted by molar-refractivity contribution is 0.0697. The smallest absolute Gasteiger partial charge is 0.337 e. The summed E-state index contributed by atoms with van der Waals surface area (Å²) >= 11 is 5.88. The van der Waals surface area contributed by atoms with E-state index in [1.54, 1.807) is 12.1 Å². The minimum Gasteiger partial charge on any atom is -0.478 e. The number of nitrogens with one attached hydrogen (secondary N) is 1. The summed E-state index contributed by atoms with van der Waals surface area (Å²) in [5, 5.41) is 12.8. The van der Waals surface area contributed by atoms with Crippen LogP contribution in [0.25, 0.3) is 0 Å². The molecule has 1 aliphatic carbocycles. The SMILES string of the molecule is CCCC1CCC(Nc2ccc(Cl)c(C(=O)O)c2)CC1. The lowest BCUT2D eigenvalue weighted by atomic mass is 9.83. The van der Waals surface area contributed by atoms with E-state index in [0.717, 1.165) is 24.4 Å². The Balaban J connectivity index is 1.94. The Morgan fingerprint density at radius 3 is 2.65 bits per heavy atom. The Morgan fingerprint density at radius 2 is 2.05 bits per heavy atom. The van der Waals surface area contributed by atoms with Gasteiger partial charge in [-0.25, -0.2) is 4.79 Å². The molecule has 0 aromatic heterocycles. The van der Waals surface area contributed by atoms with E-state index >= 15 is 0 Å². The van der Waals surface area contributed by atoms with Crippen LogP contribution in [0.15, 0.2) is 18.2 Å². The number of hydrogen-bond acceptors (Lipinski definition) is 2. The first kappa shape index (κ1) is 15.2. The Bertz CT molecular complexity index is 468. The van der Waals surface area contributed by atoms with Crippen molar-refractivity contribution in [2.24, 2.45) is 5.92 Å². The van der Waals surface area contributed by atoms with Gasteiger partial charge in [-0.3, -0.25) is 0 Å². The summed E-state index contributed by atoms with van der Waals surface area (Å²) in [7, 11) is 0. The number of halogens is 1. The summed E-state index contributed by atoms with van der Waals surface area (Å²) in [4.78, 5) is 11.1. The second-order valence-corrected chi connectivity index (χ2v) is 6.06. The normalized spacial score (nSPS) is 22.5. The largest absolute Gasteiger partial charge is 0.478 e. The minimum atomic E-state index is -0.981. The standard InChI is InChI=1S/C16H22ClNO2/c1-2-3-11-4-6-12(7-5-11)18-13-8-9-15(17)14(10-13)16(19)20/h8-12,18H,2-7H2,1H3,(H,19,20). The molecule has 0 atom stereocenters. The summed E-state index contributed by atoms with van der Waals surface area (Å²) in [6, 6.07) is 5.58. The van der Waals surface area contributed by atoms with Crippen molar-refractivity contribution in [1.29, 1.82) is 0 Å². The number of carbonyl (C=O) groups is 1. The number of carboxylic acids is 1. The van der Waals surface area contributed by atoms with Crippen molar-refractivity contribution >= 4 is 23.3 Å². The van der Waals surface area contributed by atoms with Crippen molar-refractivity contribution in [2.45, 2.75) is 51.5 Å². The fourth-order valence-corrected chi connectivity index (χ4v) is 3.22. The first-order chi connectivity index (χ1) is 9.60. The third-order valence-electron chi connectivity index (χ3n) is 4.11. The third kappa shape index (κ3) is 3.89. The summed E-state index contributed by atoms with van der Waals surface area (Å²) in [5.74, 6) is -0.108. The van der Waals surface area contributed by atoms with E-state index in [1.807, 2.05) is 6.07 Å². The molecule has 0 heterocycles. The van der Waals surface area contributed by atoms with Gasteiger partial charge in [0.1, 0.15) is 0 Å². The molecule has 0 spiro atoms. The van der Waals surface area contributed by atoms with Crippen LogP contribution in [0.1, 0.15) is 55.8 Å². The third-order valence-corrected chi connectivity index (χ3v) is 4.44. The number of carboxylic acid groups (broad SMARTS) is 1. The van der Waals surface area contributed by atoms with E-state index in [-0.39, 0.29) is 10.6 Å². The Kier molecular flexibility index (Phi) is 5.30. The van der Waals surface area contributed by atoms with Crippen LogP contribution in [-0.2, 0) is 0 Å². The average molecular weight is 296 g/mol. The molecule has 20 heavy (non-hydrogen) atoms. The predicted octanol–water partition coefficient (Wildman–Crippen LogP) is 4.81. The van der Waals surface area contributed by atoms with E-state index in [0.29, 0.717) is 6.04 Å². The molecule has 0 saturated heterocycles. The highest BCUT2D eigenvalue weighted by Gasteiger charge is 2.20. The zero-order valence-corrected chi connectivity index (χ0v) is 12.6. The van der Waals surface area contributed by atoms with Gasteiger partial charge in [-0.15, -0.1) is 0 Å². The van der Waals surface area contributed by atoms with E-state index in [4.69, 9.17) is 16.7 Å². The summed E-state index contributed by atoms with van der Waals surface area (Å²) < 4.78 is 0. The van der Waals surface area contributed by atoms with Gasteiger partial charge in [-0.1, -0.05) is 31.4 Å². The van der Waals surface area contributed by atoms with Gasteiger partial charge in [0.2, 0.25) is 0 Å². The second-order valence-electron chi connectivity index (χ2n) is 5.65. The summed E-state index contributed by atoms with van der Waals surface area (Å²) in [6.45, 7) is 2.24. The molecular weight excluding hydrogens is 274 g/mol. The molecule has 0 amide bonds. The van der Waals surface area contributed by atoms with Crippen LogP contribution in [0.4, 0.5) is 5.69 Å². The Hall–Kier alpha value is -1.22. The zero-order chi connectivity index (χ0) is 14.5. The summed E-state index contributed by atoms with van der Waals surface area (Å²) in [5.41, 5.74) is 1.02. The minimum absolute atomic E-state index is 0.163. The van der Waals surface area contributed by atoms with E-state index in [2.05, 4.69) is 12.2 Å². The van der Waals surface area contributed by atoms with Crippen LogP contribution in [0.2, 0.25) is 5.02 Å². The molecule has 1 aromatic rings. The van der Waals surface area contributed by atoms with Crippen molar-refractivity contribution in [2.75, 3.05) is 5.32 Å². The van der Waals surface area contributed by atoms with Gasteiger partial charge < -0.3 is 10.4 Å². The van der Waals surface area contributed by atoms with Crippen molar-refractivity contribution in [1.82, 2.24) is 0 Å². The van der Waals surface area contributed by atoms with E-state index in [1.165, 1.54) is 25.7 Å². The Morgan fingerprint density at radius 1 is 1.35 bits per heavy atom. The molecule has 1 saturated carbocycles. The number of rotatable bonds is 5. The predicted molar refractivity (Wildman–Crippen MR) is 82.7 cm³/mol. The lowest BCUT2D eigenvalue weighted by Gasteiger charge is -2.29. The van der Waals surface area contributed by atoms with Gasteiger partial charge in [0.05, 0.1) is 10.6 Å². The highest BCUT2D eigenvalue weighted by atomic mass is 35.5. The molecule has 2 N–H and O–H groups in total. The zero-order valence-electron chi connectivity index (χ0n) is 11.9. The molecule has 0 bridgehead atoms. The van der Waals surface area contributed by atoms with Crippen LogP contribution in [-0.4, -0.2) is 17.1 Å². The van der Waals surface area contributed by atoms with Crippen molar-refractivity contribution in [3.05, 3.63) is 28.8 Å². The lowest BCUT2D eigenvalue weighted by Crippen LogP contribution is -2.26. The monoisotopic (exact) mass is 295 g/mol. The van der Waals surface area contributed by atoms with Crippen LogP contribution in [0.5, 0.6) is 0 Å². The van der Waals surface area contributed by atoms with Gasteiger partial charge in [-0.05, 0) is 49.8 Å². The molecule has 2 rings (SSSR count). The topological polar surface area (TPSA) is 49.3 Å². The highest BCUT2D eigenvalue weighted by molar-refractivity contribution is 6.33. The van der Waals surface area contributed by atoms with E-state index in [9.17, 15) is 4.79 Å². The maximum Gasteiger partial charge on any atom is 0.337 e. The molecule has 1 aromatic carbocycles.